The Kier molecular flexibility index (Phi) is 6.72. The zero-order valence-corrected chi connectivity index (χ0v) is 17.9. The molecule has 1 atom stereocenters. The number of rotatable bonds is 9. The first-order chi connectivity index (χ1) is 14.6. The number of carboxylic acids is 1. The molecular formula is C24H32N4O2. The number of carbonyl (C=O) groups is 1. The van der Waals surface area contributed by atoms with E-state index in [0.717, 1.165) is 31.5 Å². The maximum absolute atomic E-state index is 11.3. The van der Waals surface area contributed by atoms with Crippen LogP contribution in [0.5, 0.6) is 0 Å². The van der Waals surface area contributed by atoms with Crippen molar-refractivity contribution in [2.75, 3.05) is 13.1 Å². The molecule has 1 N–H and O–H groups in total. The van der Waals surface area contributed by atoms with E-state index < -0.39 is 5.97 Å². The van der Waals surface area contributed by atoms with Crippen molar-refractivity contribution in [3.8, 4) is 0 Å². The monoisotopic (exact) mass is 408 g/mol. The molecule has 1 aliphatic carbocycles. The summed E-state index contributed by atoms with van der Waals surface area (Å²) in [5.74, 6) is 0.591. The zero-order chi connectivity index (χ0) is 20.9. The van der Waals surface area contributed by atoms with Gasteiger partial charge in [-0.3, -0.25) is 14.7 Å². The molecule has 0 spiro atoms. The Balaban J connectivity index is 1.21. The number of hydrogen-bond donors (Lipinski definition) is 1. The van der Waals surface area contributed by atoms with E-state index >= 15 is 0 Å². The van der Waals surface area contributed by atoms with Crippen LogP contribution >= 0.6 is 0 Å². The third-order valence-electron chi connectivity index (χ3n) is 6.51. The fourth-order valence-corrected chi connectivity index (χ4v) is 4.75. The standard InChI is InChI=1S/C24H32N4O2/c1-17-25-13-20(14-26-17)23(12-24(29)30)28-15-18(16-28)6-2-4-8-21-11-10-19-7-3-5-9-22(19)27-21/h10-11,13-14,18,23H,2-9,12,15-16H2,1H3,(H,29,30)/t23-/m1/s1. The van der Waals surface area contributed by atoms with Crippen LogP contribution in [0.25, 0.3) is 0 Å². The minimum atomic E-state index is -0.776. The number of aliphatic carboxylic acids is 1. The van der Waals surface area contributed by atoms with Gasteiger partial charge < -0.3 is 5.11 Å². The Bertz CT molecular complexity index is 862. The van der Waals surface area contributed by atoms with E-state index in [1.807, 2.05) is 6.92 Å². The third kappa shape index (κ3) is 5.22. The van der Waals surface area contributed by atoms with E-state index in [4.69, 9.17) is 4.98 Å². The average molecular weight is 409 g/mol. The van der Waals surface area contributed by atoms with Crippen LogP contribution in [0.4, 0.5) is 0 Å². The van der Waals surface area contributed by atoms with E-state index in [1.165, 1.54) is 55.5 Å². The second-order valence-electron chi connectivity index (χ2n) is 8.86. The number of hydrogen-bond acceptors (Lipinski definition) is 5. The molecule has 0 amide bonds. The number of unbranched alkanes of at least 4 members (excludes halogenated alkanes) is 1. The van der Waals surface area contributed by atoms with Crippen molar-refractivity contribution < 1.29 is 9.90 Å². The van der Waals surface area contributed by atoms with E-state index in [-0.39, 0.29) is 12.5 Å². The summed E-state index contributed by atoms with van der Waals surface area (Å²) in [5, 5.41) is 9.32. The molecule has 2 aromatic heterocycles. The molecule has 30 heavy (non-hydrogen) atoms. The van der Waals surface area contributed by atoms with Gasteiger partial charge in [0.25, 0.3) is 0 Å². The summed E-state index contributed by atoms with van der Waals surface area (Å²) in [6, 6.07) is 4.38. The minimum Gasteiger partial charge on any atom is -0.481 e. The lowest BCUT2D eigenvalue weighted by molar-refractivity contribution is -0.139. The molecule has 2 aromatic rings. The van der Waals surface area contributed by atoms with E-state index in [9.17, 15) is 9.90 Å². The molecule has 0 bridgehead atoms. The number of fused-ring (bicyclic) bond motifs is 1. The topological polar surface area (TPSA) is 79.2 Å². The summed E-state index contributed by atoms with van der Waals surface area (Å²) in [4.78, 5) is 27.0. The molecule has 1 aliphatic heterocycles. The van der Waals surface area contributed by atoms with Crippen molar-refractivity contribution in [1.29, 1.82) is 0 Å². The highest BCUT2D eigenvalue weighted by atomic mass is 16.4. The Labute approximate surface area is 178 Å². The van der Waals surface area contributed by atoms with E-state index in [2.05, 4.69) is 27.0 Å². The van der Waals surface area contributed by atoms with Crippen molar-refractivity contribution in [1.82, 2.24) is 19.9 Å². The van der Waals surface area contributed by atoms with Gasteiger partial charge in [0.15, 0.2) is 0 Å². The highest BCUT2D eigenvalue weighted by Gasteiger charge is 2.34. The summed E-state index contributed by atoms with van der Waals surface area (Å²) in [5.41, 5.74) is 4.93. The molecule has 3 heterocycles. The SMILES string of the molecule is Cc1ncc([C@@H](CC(=O)O)N2CC(CCCCc3ccc4c(n3)CCCC4)C2)cn1. The van der Waals surface area contributed by atoms with Crippen LogP contribution < -0.4 is 0 Å². The second-order valence-corrected chi connectivity index (χ2v) is 8.86. The Morgan fingerprint density at radius 2 is 1.93 bits per heavy atom. The quantitative estimate of drug-likeness (QED) is 0.634. The smallest absolute Gasteiger partial charge is 0.305 e. The molecule has 6 heteroatoms. The average Bonchev–Trinajstić information content (AvgIpc) is 2.71. The van der Waals surface area contributed by atoms with Crippen molar-refractivity contribution in [2.45, 2.75) is 70.8 Å². The second kappa shape index (κ2) is 9.65. The van der Waals surface area contributed by atoms with Gasteiger partial charge in [-0.2, -0.15) is 0 Å². The number of pyridine rings is 1. The lowest BCUT2D eigenvalue weighted by Gasteiger charge is -2.44. The number of nitrogens with zero attached hydrogens (tertiary/aromatic N) is 4. The molecule has 4 rings (SSSR count). The molecule has 160 valence electrons. The molecule has 0 radical (unpaired) electrons. The lowest BCUT2D eigenvalue weighted by atomic mass is 9.89. The first-order valence-electron chi connectivity index (χ1n) is 11.3. The zero-order valence-electron chi connectivity index (χ0n) is 17.9. The van der Waals surface area contributed by atoms with Gasteiger partial charge in [0.1, 0.15) is 5.82 Å². The van der Waals surface area contributed by atoms with Crippen molar-refractivity contribution in [2.24, 2.45) is 5.92 Å². The number of aromatic nitrogens is 3. The molecule has 1 fully saturated rings. The van der Waals surface area contributed by atoms with Crippen LogP contribution in [0.1, 0.15) is 72.9 Å². The molecule has 0 unspecified atom stereocenters. The van der Waals surface area contributed by atoms with Gasteiger partial charge in [0.2, 0.25) is 0 Å². The number of likely N-dealkylation sites (tertiary alicyclic amines) is 1. The third-order valence-corrected chi connectivity index (χ3v) is 6.51. The van der Waals surface area contributed by atoms with Crippen LogP contribution in [0, 0.1) is 12.8 Å². The maximum Gasteiger partial charge on any atom is 0.305 e. The van der Waals surface area contributed by atoms with Crippen LogP contribution in [0.15, 0.2) is 24.5 Å². The summed E-state index contributed by atoms with van der Waals surface area (Å²) in [7, 11) is 0. The maximum atomic E-state index is 11.3. The van der Waals surface area contributed by atoms with Gasteiger partial charge in [-0.25, -0.2) is 9.97 Å². The van der Waals surface area contributed by atoms with Crippen LogP contribution in [-0.4, -0.2) is 44.0 Å². The fraction of sp³-hybridized carbons (Fsp3) is 0.583. The van der Waals surface area contributed by atoms with Crippen molar-refractivity contribution in [3.63, 3.8) is 0 Å². The van der Waals surface area contributed by atoms with Crippen LogP contribution in [-0.2, 0) is 24.1 Å². The number of aryl methyl sites for hydroxylation is 4. The molecule has 6 nitrogen and oxygen atoms in total. The number of carboxylic acid groups (broad SMARTS) is 1. The van der Waals surface area contributed by atoms with Gasteiger partial charge in [-0.15, -0.1) is 0 Å². The largest absolute Gasteiger partial charge is 0.481 e. The van der Waals surface area contributed by atoms with Crippen LogP contribution in [0.3, 0.4) is 0 Å². The van der Waals surface area contributed by atoms with Gasteiger partial charge in [0.05, 0.1) is 6.42 Å². The van der Waals surface area contributed by atoms with Gasteiger partial charge in [-0.1, -0.05) is 12.5 Å². The Morgan fingerprint density at radius 3 is 2.70 bits per heavy atom. The molecule has 0 aromatic carbocycles. The summed E-state index contributed by atoms with van der Waals surface area (Å²) in [6.07, 6.45) is 13.2. The summed E-state index contributed by atoms with van der Waals surface area (Å²) >= 11 is 0. The lowest BCUT2D eigenvalue weighted by Crippen LogP contribution is -2.48. The van der Waals surface area contributed by atoms with E-state index in [0.29, 0.717) is 11.7 Å². The van der Waals surface area contributed by atoms with Crippen LogP contribution in [0.2, 0.25) is 0 Å². The van der Waals surface area contributed by atoms with Gasteiger partial charge in [-0.05, 0) is 69.4 Å². The molecule has 2 aliphatic rings. The Morgan fingerprint density at radius 1 is 1.17 bits per heavy atom. The molecule has 1 saturated heterocycles. The Hall–Kier alpha value is -2.34. The first-order valence-corrected chi connectivity index (χ1v) is 11.3. The van der Waals surface area contributed by atoms with Gasteiger partial charge in [0, 0.05) is 48.5 Å². The molecular weight excluding hydrogens is 376 g/mol. The normalized spacial score (nSPS) is 17.9. The van der Waals surface area contributed by atoms with Crippen molar-refractivity contribution >= 4 is 5.97 Å². The first kappa shape index (κ1) is 20.9. The predicted octanol–water partition coefficient (Wildman–Crippen LogP) is 3.92. The molecule has 0 saturated carbocycles. The predicted molar refractivity (Wildman–Crippen MR) is 115 cm³/mol. The fourth-order valence-electron chi connectivity index (χ4n) is 4.75. The van der Waals surface area contributed by atoms with Gasteiger partial charge >= 0.3 is 5.97 Å². The summed E-state index contributed by atoms with van der Waals surface area (Å²) in [6.45, 7) is 3.77. The minimum absolute atomic E-state index is 0.100. The highest BCUT2D eigenvalue weighted by Crippen LogP contribution is 2.33. The highest BCUT2D eigenvalue weighted by molar-refractivity contribution is 5.67. The summed E-state index contributed by atoms with van der Waals surface area (Å²) < 4.78 is 0. The van der Waals surface area contributed by atoms with E-state index in [1.54, 1.807) is 12.4 Å². The van der Waals surface area contributed by atoms with Crippen molar-refractivity contribution in [3.05, 3.63) is 52.9 Å².